The third-order valence-corrected chi connectivity index (χ3v) is 3.81. The Labute approximate surface area is 130 Å². The van der Waals surface area contributed by atoms with Crippen molar-refractivity contribution >= 4 is 46.3 Å². The third kappa shape index (κ3) is 2.35. The van der Waals surface area contributed by atoms with Crippen LogP contribution in [-0.4, -0.2) is 16.8 Å². The molecule has 2 aromatic carbocycles. The molecule has 0 radical (unpaired) electrons. The van der Waals surface area contributed by atoms with Crippen molar-refractivity contribution < 1.29 is 9.59 Å². The van der Waals surface area contributed by atoms with Gasteiger partial charge in [-0.25, -0.2) is 0 Å². The normalized spacial score (nSPS) is 10.8. The highest BCUT2D eigenvalue weighted by Gasteiger charge is 2.17. The molecule has 0 fully saturated rings. The Bertz CT molecular complexity index is 868. The number of fused-ring (bicyclic) bond motifs is 1. The number of carbonyl (C=O) groups is 2. The number of hydrogen-bond acceptors (Lipinski definition) is 2. The number of para-hydroxylation sites is 1. The second-order valence-electron chi connectivity index (χ2n) is 4.52. The molecular formula is C16H9Cl2NO2. The van der Waals surface area contributed by atoms with Crippen LogP contribution in [0.25, 0.3) is 10.9 Å². The molecule has 3 aromatic rings. The van der Waals surface area contributed by atoms with E-state index in [4.69, 9.17) is 23.2 Å². The fourth-order valence-electron chi connectivity index (χ4n) is 2.26. The summed E-state index contributed by atoms with van der Waals surface area (Å²) in [6.45, 7) is 0. The maximum Gasteiger partial charge on any atom is 0.263 e. The first-order valence-corrected chi connectivity index (χ1v) is 6.92. The van der Waals surface area contributed by atoms with Gasteiger partial charge in [-0.3, -0.25) is 14.2 Å². The standard InChI is InChI=1S/C16H9Cl2NO2/c17-11-5-6-14(18)13(7-11)16(21)19-8-10(9-20)12-3-1-2-4-15(12)19/h1-9H. The summed E-state index contributed by atoms with van der Waals surface area (Å²) in [5, 5.41) is 1.46. The van der Waals surface area contributed by atoms with Crippen LogP contribution < -0.4 is 0 Å². The molecular weight excluding hydrogens is 309 g/mol. The maximum absolute atomic E-state index is 12.7. The van der Waals surface area contributed by atoms with Gasteiger partial charge in [-0.2, -0.15) is 0 Å². The smallest absolute Gasteiger partial charge is 0.263 e. The Kier molecular flexibility index (Phi) is 3.53. The van der Waals surface area contributed by atoms with Crippen molar-refractivity contribution in [1.82, 2.24) is 4.57 Å². The summed E-state index contributed by atoms with van der Waals surface area (Å²) in [7, 11) is 0. The van der Waals surface area contributed by atoms with Gasteiger partial charge in [0.1, 0.15) is 0 Å². The van der Waals surface area contributed by atoms with Gasteiger partial charge in [-0.15, -0.1) is 0 Å². The summed E-state index contributed by atoms with van der Waals surface area (Å²) >= 11 is 12.0. The molecule has 0 spiro atoms. The summed E-state index contributed by atoms with van der Waals surface area (Å²) in [6, 6.07) is 11.9. The Balaban J connectivity index is 2.23. The van der Waals surface area contributed by atoms with Crippen LogP contribution in [0.3, 0.4) is 0 Å². The number of aromatic nitrogens is 1. The van der Waals surface area contributed by atoms with Gasteiger partial charge in [0.25, 0.3) is 5.91 Å². The molecule has 1 aromatic heterocycles. The van der Waals surface area contributed by atoms with Crippen molar-refractivity contribution in [2.24, 2.45) is 0 Å². The molecule has 5 heteroatoms. The predicted octanol–water partition coefficient (Wildman–Crippen LogP) is 4.45. The zero-order chi connectivity index (χ0) is 15.0. The van der Waals surface area contributed by atoms with E-state index in [-0.39, 0.29) is 5.91 Å². The molecule has 21 heavy (non-hydrogen) atoms. The quantitative estimate of drug-likeness (QED) is 0.655. The first kappa shape index (κ1) is 13.9. The van der Waals surface area contributed by atoms with Gasteiger partial charge >= 0.3 is 0 Å². The molecule has 3 nitrogen and oxygen atoms in total. The monoisotopic (exact) mass is 317 g/mol. The molecule has 0 aliphatic rings. The summed E-state index contributed by atoms with van der Waals surface area (Å²) in [6.07, 6.45) is 2.24. The number of rotatable bonds is 2. The Morgan fingerprint density at radius 3 is 2.62 bits per heavy atom. The van der Waals surface area contributed by atoms with Crippen molar-refractivity contribution in [2.45, 2.75) is 0 Å². The van der Waals surface area contributed by atoms with Crippen LogP contribution >= 0.6 is 23.2 Å². The van der Waals surface area contributed by atoms with Crippen LogP contribution in [0, 0.1) is 0 Å². The van der Waals surface area contributed by atoms with Gasteiger partial charge in [-0.05, 0) is 24.3 Å². The summed E-state index contributed by atoms with van der Waals surface area (Å²) < 4.78 is 1.41. The minimum absolute atomic E-state index is 0.294. The van der Waals surface area contributed by atoms with Crippen LogP contribution in [0.2, 0.25) is 10.0 Å². The highest BCUT2D eigenvalue weighted by atomic mass is 35.5. The fraction of sp³-hybridized carbons (Fsp3) is 0. The zero-order valence-corrected chi connectivity index (χ0v) is 12.2. The van der Waals surface area contributed by atoms with Gasteiger partial charge in [0.05, 0.1) is 16.1 Å². The van der Waals surface area contributed by atoms with E-state index in [0.29, 0.717) is 26.7 Å². The first-order valence-electron chi connectivity index (χ1n) is 6.17. The first-order chi connectivity index (χ1) is 10.1. The lowest BCUT2D eigenvalue weighted by atomic mass is 10.2. The molecule has 0 atom stereocenters. The SMILES string of the molecule is O=Cc1cn(C(=O)c2cc(Cl)ccc2Cl)c2ccccc12. The number of benzene rings is 2. The molecule has 0 amide bonds. The highest BCUT2D eigenvalue weighted by Crippen LogP contribution is 2.25. The number of halogens is 2. The van der Waals surface area contributed by atoms with E-state index >= 15 is 0 Å². The predicted molar refractivity (Wildman–Crippen MR) is 83.5 cm³/mol. The van der Waals surface area contributed by atoms with Crippen LogP contribution in [0.15, 0.2) is 48.7 Å². The molecule has 0 bridgehead atoms. The van der Waals surface area contributed by atoms with E-state index in [2.05, 4.69) is 0 Å². The van der Waals surface area contributed by atoms with E-state index in [9.17, 15) is 9.59 Å². The lowest BCUT2D eigenvalue weighted by Gasteiger charge is -2.06. The molecule has 0 unspecified atom stereocenters. The largest absolute Gasteiger partial charge is 0.298 e. The van der Waals surface area contributed by atoms with Gasteiger partial charge in [0, 0.05) is 22.2 Å². The Morgan fingerprint density at radius 1 is 1.10 bits per heavy atom. The molecule has 0 aliphatic carbocycles. The van der Waals surface area contributed by atoms with Crippen molar-refractivity contribution in [1.29, 1.82) is 0 Å². The second-order valence-corrected chi connectivity index (χ2v) is 5.36. The molecule has 104 valence electrons. The van der Waals surface area contributed by atoms with Crippen molar-refractivity contribution in [3.63, 3.8) is 0 Å². The second kappa shape index (κ2) is 5.35. The average molecular weight is 318 g/mol. The van der Waals surface area contributed by atoms with Crippen molar-refractivity contribution in [3.8, 4) is 0 Å². The number of carbonyl (C=O) groups excluding carboxylic acids is 2. The number of aldehydes is 1. The number of hydrogen-bond donors (Lipinski definition) is 0. The maximum atomic E-state index is 12.7. The highest BCUT2D eigenvalue weighted by molar-refractivity contribution is 6.36. The summed E-state index contributed by atoms with van der Waals surface area (Å²) in [4.78, 5) is 23.8. The van der Waals surface area contributed by atoms with Crippen LogP contribution in [-0.2, 0) is 0 Å². The minimum Gasteiger partial charge on any atom is -0.298 e. The van der Waals surface area contributed by atoms with Crippen molar-refractivity contribution in [2.75, 3.05) is 0 Å². The Morgan fingerprint density at radius 2 is 1.86 bits per heavy atom. The summed E-state index contributed by atoms with van der Waals surface area (Å²) in [5.74, 6) is -0.327. The van der Waals surface area contributed by atoms with Gasteiger partial charge in [0.15, 0.2) is 6.29 Å². The molecule has 0 saturated carbocycles. The van der Waals surface area contributed by atoms with E-state index in [1.165, 1.54) is 16.8 Å². The van der Waals surface area contributed by atoms with E-state index in [0.717, 1.165) is 11.7 Å². The Hall–Kier alpha value is -2.10. The van der Waals surface area contributed by atoms with Crippen LogP contribution in [0.5, 0.6) is 0 Å². The third-order valence-electron chi connectivity index (χ3n) is 3.25. The topological polar surface area (TPSA) is 39.1 Å². The molecule has 1 heterocycles. The molecule has 0 N–H and O–H groups in total. The lowest BCUT2D eigenvalue weighted by Crippen LogP contribution is -2.11. The molecule has 3 rings (SSSR count). The van der Waals surface area contributed by atoms with Crippen LogP contribution in [0.1, 0.15) is 20.7 Å². The van der Waals surface area contributed by atoms with E-state index in [1.54, 1.807) is 30.3 Å². The van der Waals surface area contributed by atoms with Gasteiger partial charge in [0.2, 0.25) is 0 Å². The number of nitrogens with zero attached hydrogens (tertiary/aromatic N) is 1. The summed E-state index contributed by atoms with van der Waals surface area (Å²) in [5.41, 5.74) is 1.40. The fourth-order valence-corrected chi connectivity index (χ4v) is 2.63. The van der Waals surface area contributed by atoms with Crippen LogP contribution in [0.4, 0.5) is 0 Å². The average Bonchev–Trinajstić information content (AvgIpc) is 2.88. The minimum atomic E-state index is -0.327. The molecule has 0 aliphatic heterocycles. The molecule has 0 saturated heterocycles. The zero-order valence-electron chi connectivity index (χ0n) is 10.7. The van der Waals surface area contributed by atoms with Gasteiger partial charge < -0.3 is 0 Å². The van der Waals surface area contributed by atoms with Gasteiger partial charge in [-0.1, -0.05) is 41.4 Å². The lowest BCUT2D eigenvalue weighted by molar-refractivity contribution is 0.0965. The van der Waals surface area contributed by atoms with E-state index < -0.39 is 0 Å². The van der Waals surface area contributed by atoms with E-state index in [1.807, 2.05) is 6.07 Å². The van der Waals surface area contributed by atoms with Crippen molar-refractivity contribution in [3.05, 3.63) is 69.8 Å².